The van der Waals surface area contributed by atoms with Gasteiger partial charge in [-0.15, -0.1) is 0 Å². The van der Waals surface area contributed by atoms with E-state index in [1.165, 1.54) is 53.6 Å². The summed E-state index contributed by atoms with van der Waals surface area (Å²) in [5, 5.41) is 10.8. The summed E-state index contributed by atoms with van der Waals surface area (Å²) in [5.74, 6) is 0.0369. The van der Waals surface area contributed by atoms with Crippen molar-refractivity contribution >= 4 is 46.3 Å². The zero-order chi connectivity index (χ0) is 23.1. The Morgan fingerprint density at radius 1 is 0.935 bits per heavy atom. The number of azo groups is 1. The van der Waals surface area contributed by atoms with Crippen LogP contribution in [-0.4, -0.2) is 46.2 Å². The van der Waals surface area contributed by atoms with Crippen molar-refractivity contribution in [3.8, 4) is 23.0 Å². The predicted molar refractivity (Wildman–Crippen MR) is 117 cm³/mol. The number of carbonyl (C=O) groups is 2. The molecule has 2 aromatic carbocycles. The molecular weight excluding hydrogens is 449 g/mol. The SMILES string of the molecule is COc1cc(OC)c(N=NC(C(C)=O)C(=O)Nc2ccc(OC)c(OC)c2Cl)cc1Cl. The van der Waals surface area contributed by atoms with Crippen LogP contribution >= 0.6 is 23.2 Å². The number of ether oxygens (including phenoxy) is 4. The summed E-state index contributed by atoms with van der Waals surface area (Å²) >= 11 is 12.4. The van der Waals surface area contributed by atoms with E-state index in [0.29, 0.717) is 17.2 Å². The Morgan fingerprint density at radius 3 is 2.13 bits per heavy atom. The normalized spacial score (nSPS) is 11.7. The molecule has 0 saturated heterocycles. The molecule has 11 heteroatoms. The number of anilines is 1. The van der Waals surface area contributed by atoms with E-state index in [-0.39, 0.29) is 27.2 Å². The number of benzene rings is 2. The van der Waals surface area contributed by atoms with Gasteiger partial charge in [-0.2, -0.15) is 10.2 Å². The average Bonchev–Trinajstić information content (AvgIpc) is 2.74. The maximum absolute atomic E-state index is 12.7. The van der Waals surface area contributed by atoms with Crippen molar-refractivity contribution in [1.29, 1.82) is 0 Å². The predicted octanol–water partition coefficient (Wildman–Crippen LogP) is 4.71. The fourth-order valence-electron chi connectivity index (χ4n) is 2.55. The average molecular weight is 470 g/mol. The summed E-state index contributed by atoms with van der Waals surface area (Å²) in [7, 11) is 5.75. The van der Waals surface area contributed by atoms with Crippen LogP contribution < -0.4 is 24.3 Å². The fourth-order valence-corrected chi connectivity index (χ4v) is 3.06. The van der Waals surface area contributed by atoms with Crippen molar-refractivity contribution in [2.45, 2.75) is 13.0 Å². The molecule has 0 spiro atoms. The van der Waals surface area contributed by atoms with E-state index in [9.17, 15) is 9.59 Å². The third-order valence-electron chi connectivity index (χ3n) is 4.11. The third kappa shape index (κ3) is 5.56. The quantitative estimate of drug-likeness (QED) is 0.420. The van der Waals surface area contributed by atoms with E-state index in [0.717, 1.165) is 0 Å². The van der Waals surface area contributed by atoms with E-state index in [1.54, 1.807) is 6.07 Å². The van der Waals surface area contributed by atoms with E-state index in [2.05, 4.69) is 15.5 Å². The van der Waals surface area contributed by atoms with E-state index in [4.69, 9.17) is 42.1 Å². The Hall–Kier alpha value is -3.04. The minimum atomic E-state index is -1.44. The summed E-state index contributed by atoms with van der Waals surface area (Å²) in [6, 6.07) is 4.61. The largest absolute Gasteiger partial charge is 0.495 e. The number of hydrogen-bond acceptors (Lipinski definition) is 8. The highest BCUT2D eigenvalue weighted by Crippen LogP contribution is 2.40. The lowest BCUT2D eigenvalue weighted by atomic mass is 10.2. The summed E-state index contributed by atoms with van der Waals surface area (Å²) in [5.41, 5.74) is 0.437. The number of hydrogen-bond donors (Lipinski definition) is 1. The first kappa shape index (κ1) is 24.2. The number of rotatable bonds is 9. The molecule has 166 valence electrons. The molecule has 0 aliphatic rings. The molecule has 9 nitrogen and oxygen atoms in total. The first-order chi connectivity index (χ1) is 14.8. The number of carbonyl (C=O) groups excluding carboxylic acids is 2. The molecule has 1 atom stereocenters. The van der Waals surface area contributed by atoms with Crippen LogP contribution in [0.25, 0.3) is 0 Å². The van der Waals surface area contributed by atoms with Crippen molar-refractivity contribution in [3.05, 3.63) is 34.3 Å². The first-order valence-corrected chi connectivity index (χ1v) is 9.57. The summed E-state index contributed by atoms with van der Waals surface area (Å²) in [6.07, 6.45) is 0. The van der Waals surface area contributed by atoms with Crippen LogP contribution in [-0.2, 0) is 9.59 Å². The highest BCUT2D eigenvalue weighted by molar-refractivity contribution is 6.35. The minimum Gasteiger partial charge on any atom is -0.495 e. The summed E-state index contributed by atoms with van der Waals surface area (Å²) in [6.45, 7) is 1.22. The molecule has 2 rings (SSSR count). The van der Waals surface area contributed by atoms with Crippen molar-refractivity contribution in [2.24, 2.45) is 10.2 Å². The Bertz CT molecular complexity index is 1010. The zero-order valence-electron chi connectivity index (χ0n) is 17.5. The van der Waals surface area contributed by atoms with Gasteiger partial charge in [0.25, 0.3) is 5.91 Å². The molecule has 0 bridgehead atoms. The molecular formula is C20H21Cl2N3O6. The van der Waals surface area contributed by atoms with Gasteiger partial charge in [0, 0.05) is 6.07 Å². The summed E-state index contributed by atoms with van der Waals surface area (Å²) < 4.78 is 20.7. The van der Waals surface area contributed by atoms with Gasteiger partial charge in [-0.25, -0.2) is 0 Å². The van der Waals surface area contributed by atoms with Crippen LogP contribution in [0.1, 0.15) is 6.92 Å². The number of amides is 1. The van der Waals surface area contributed by atoms with Crippen molar-refractivity contribution in [1.82, 2.24) is 0 Å². The Kier molecular flexibility index (Phi) is 8.47. The number of ketones is 1. The maximum atomic E-state index is 12.7. The van der Waals surface area contributed by atoms with Crippen LogP contribution in [0, 0.1) is 0 Å². The molecule has 1 N–H and O–H groups in total. The van der Waals surface area contributed by atoms with Gasteiger partial charge in [-0.3, -0.25) is 9.59 Å². The van der Waals surface area contributed by atoms with Crippen molar-refractivity contribution in [3.63, 3.8) is 0 Å². The molecule has 0 aromatic heterocycles. The molecule has 0 fully saturated rings. The van der Waals surface area contributed by atoms with Gasteiger partial charge in [-0.05, 0) is 25.1 Å². The van der Waals surface area contributed by atoms with Gasteiger partial charge < -0.3 is 24.3 Å². The highest BCUT2D eigenvalue weighted by atomic mass is 35.5. The molecule has 1 amide bonds. The van der Waals surface area contributed by atoms with Crippen LogP contribution in [0.5, 0.6) is 23.0 Å². The lowest BCUT2D eigenvalue weighted by Crippen LogP contribution is -2.32. The molecule has 0 aliphatic heterocycles. The van der Waals surface area contributed by atoms with E-state index in [1.807, 2.05) is 0 Å². The number of nitrogens with one attached hydrogen (secondary N) is 1. The van der Waals surface area contributed by atoms with Gasteiger partial charge in [0.05, 0.1) is 39.1 Å². The van der Waals surface area contributed by atoms with Crippen LogP contribution in [0.2, 0.25) is 10.0 Å². The topological polar surface area (TPSA) is 108 Å². The number of Topliss-reactive ketones (excluding diaryl/α,β-unsaturated/α-hetero) is 1. The zero-order valence-corrected chi connectivity index (χ0v) is 19.0. The minimum absolute atomic E-state index is 0.109. The lowest BCUT2D eigenvalue weighted by molar-refractivity contribution is -0.126. The Morgan fingerprint density at radius 2 is 1.58 bits per heavy atom. The van der Waals surface area contributed by atoms with Gasteiger partial charge in [0.2, 0.25) is 6.04 Å². The molecule has 2 aromatic rings. The highest BCUT2D eigenvalue weighted by Gasteiger charge is 2.25. The number of halogens is 2. The number of nitrogens with zero attached hydrogens (tertiary/aromatic N) is 2. The second-order valence-corrected chi connectivity index (χ2v) is 6.82. The van der Waals surface area contributed by atoms with Crippen molar-refractivity contribution in [2.75, 3.05) is 33.8 Å². The first-order valence-electron chi connectivity index (χ1n) is 8.81. The fraction of sp³-hybridized carbons (Fsp3) is 0.300. The molecule has 0 aliphatic carbocycles. The van der Waals surface area contributed by atoms with Crippen LogP contribution in [0.4, 0.5) is 11.4 Å². The van der Waals surface area contributed by atoms with Crippen LogP contribution in [0.15, 0.2) is 34.5 Å². The third-order valence-corrected chi connectivity index (χ3v) is 4.78. The second kappa shape index (κ2) is 10.8. The van der Waals surface area contributed by atoms with Gasteiger partial charge in [-0.1, -0.05) is 23.2 Å². The Balaban J connectivity index is 2.32. The molecule has 0 radical (unpaired) electrons. The van der Waals surface area contributed by atoms with Gasteiger partial charge in [0.15, 0.2) is 17.3 Å². The Labute approximate surface area is 189 Å². The molecule has 0 saturated carbocycles. The van der Waals surface area contributed by atoms with Gasteiger partial charge in [0.1, 0.15) is 22.2 Å². The maximum Gasteiger partial charge on any atom is 0.258 e. The molecule has 1 unspecified atom stereocenters. The van der Waals surface area contributed by atoms with Crippen molar-refractivity contribution < 1.29 is 28.5 Å². The molecule has 0 heterocycles. The lowest BCUT2D eigenvalue weighted by Gasteiger charge is -2.15. The monoisotopic (exact) mass is 469 g/mol. The molecule has 31 heavy (non-hydrogen) atoms. The second-order valence-electron chi connectivity index (χ2n) is 6.04. The standard InChI is InChI=1S/C20H21Cl2N3O6/c1-10(26)18(25-24-13-8-11(21)15(29-3)9-16(13)30-4)20(27)23-12-6-7-14(28-2)19(31-5)17(12)22/h6-9,18H,1-5H3,(H,23,27). The number of methoxy groups -OCH3 is 4. The smallest absolute Gasteiger partial charge is 0.258 e. The summed E-state index contributed by atoms with van der Waals surface area (Å²) in [4.78, 5) is 24.8. The van der Waals surface area contributed by atoms with Gasteiger partial charge >= 0.3 is 0 Å². The van der Waals surface area contributed by atoms with E-state index >= 15 is 0 Å². The van der Waals surface area contributed by atoms with E-state index < -0.39 is 17.7 Å². The van der Waals surface area contributed by atoms with Crippen LogP contribution in [0.3, 0.4) is 0 Å².